The van der Waals surface area contributed by atoms with Crippen molar-refractivity contribution in [2.24, 2.45) is 5.92 Å². The van der Waals surface area contributed by atoms with Crippen LogP contribution in [0.5, 0.6) is 0 Å². The third-order valence-electron chi connectivity index (χ3n) is 6.78. The predicted octanol–water partition coefficient (Wildman–Crippen LogP) is 5.41. The van der Waals surface area contributed by atoms with Crippen LogP contribution in [-0.2, 0) is 25.9 Å². The minimum absolute atomic E-state index is 0.260. The van der Waals surface area contributed by atoms with E-state index >= 15 is 0 Å². The molecular weight excluding hydrogens is 452 g/mol. The Morgan fingerprint density at radius 1 is 1.21 bits per heavy atom. The zero-order valence-electron chi connectivity index (χ0n) is 19.3. The van der Waals surface area contributed by atoms with E-state index < -0.39 is 0 Å². The molecule has 6 nitrogen and oxygen atoms in total. The number of carbonyl (C=O) groups is 2. The number of amides is 2. The van der Waals surface area contributed by atoms with Crippen LogP contribution in [0, 0.1) is 5.92 Å². The number of urea groups is 1. The first-order valence-electron chi connectivity index (χ1n) is 11.6. The molecule has 0 bridgehead atoms. The van der Waals surface area contributed by atoms with E-state index in [1.54, 1.807) is 11.3 Å². The van der Waals surface area contributed by atoms with Crippen LogP contribution < -0.4 is 10.6 Å². The van der Waals surface area contributed by atoms with Crippen LogP contribution in [0.15, 0.2) is 24.5 Å². The summed E-state index contributed by atoms with van der Waals surface area (Å²) in [5.41, 5.74) is 4.35. The zero-order valence-corrected chi connectivity index (χ0v) is 20.9. The molecule has 3 aromatic heterocycles. The fourth-order valence-corrected chi connectivity index (χ4v) is 7.89. The second-order valence-electron chi connectivity index (χ2n) is 9.42. The monoisotopic (exact) mass is 482 g/mol. The zero-order chi connectivity index (χ0) is 23.1. The molecule has 2 atom stereocenters. The summed E-state index contributed by atoms with van der Waals surface area (Å²) < 4.78 is 2.14. The van der Waals surface area contributed by atoms with Crippen molar-refractivity contribution in [3.8, 4) is 5.00 Å². The Hall–Kier alpha value is -2.42. The van der Waals surface area contributed by atoms with Crippen LogP contribution >= 0.6 is 22.7 Å². The molecular formula is C25H30N4O2S2. The van der Waals surface area contributed by atoms with Gasteiger partial charge in [-0.05, 0) is 61.4 Å². The van der Waals surface area contributed by atoms with Crippen molar-refractivity contribution >= 4 is 40.0 Å². The fraction of sp³-hybridized carbons (Fsp3) is 0.440. The van der Waals surface area contributed by atoms with Gasteiger partial charge >= 0.3 is 6.03 Å². The molecule has 33 heavy (non-hydrogen) atoms. The third-order valence-corrected chi connectivity index (χ3v) is 9.45. The molecule has 5 rings (SSSR count). The van der Waals surface area contributed by atoms with Gasteiger partial charge in [-0.2, -0.15) is 0 Å². The Balaban J connectivity index is 1.36. The first kappa shape index (κ1) is 22.4. The van der Waals surface area contributed by atoms with E-state index in [0.29, 0.717) is 28.9 Å². The van der Waals surface area contributed by atoms with E-state index in [-0.39, 0.29) is 6.03 Å². The number of aromatic nitrogens is 1. The highest BCUT2D eigenvalue weighted by atomic mass is 32.1. The molecule has 4 heterocycles. The van der Waals surface area contributed by atoms with E-state index in [1.807, 2.05) is 23.5 Å². The first-order valence-corrected chi connectivity index (χ1v) is 13.2. The summed E-state index contributed by atoms with van der Waals surface area (Å²) in [6.45, 7) is 6.87. The molecule has 1 aliphatic carbocycles. The van der Waals surface area contributed by atoms with Crippen LogP contribution in [-0.4, -0.2) is 35.4 Å². The van der Waals surface area contributed by atoms with Crippen molar-refractivity contribution in [2.75, 3.05) is 18.9 Å². The molecule has 2 N–H and O–H groups in total. The lowest BCUT2D eigenvalue weighted by Crippen LogP contribution is -2.30. The minimum atomic E-state index is -0.260. The van der Waals surface area contributed by atoms with Crippen LogP contribution in [0.25, 0.3) is 5.00 Å². The number of hydrogen-bond donors (Lipinski definition) is 2. The molecule has 1 aliphatic heterocycles. The van der Waals surface area contributed by atoms with Gasteiger partial charge in [0, 0.05) is 47.3 Å². The lowest BCUT2D eigenvalue weighted by atomic mass is 9.82. The first-order chi connectivity index (χ1) is 15.9. The normalized spacial score (nSPS) is 20.2. The van der Waals surface area contributed by atoms with Crippen LogP contribution in [0.1, 0.15) is 63.0 Å². The Morgan fingerprint density at radius 2 is 2.00 bits per heavy atom. The van der Waals surface area contributed by atoms with Gasteiger partial charge in [0.1, 0.15) is 10.0 Å². The standard InChI is InChI=1S/C25H30N4O2S2/c1-15-10-16(2)22-18(11-15)20(14-30)23(33-22)27-25(31)26-12-19-17-6-9-28(3)13-21(17)32-24(19)29-7-4-5-8-29/h4-5,7-8,14-16H,6,9-13H2,1-3H3,(H2,26,27,31). The number of aldehydes is 1. The lowest BCUT2D eigenvalue weighted by Gasteiger charge is -2.24. The molecule has 0 saturated heterocycles. The second kappa shape index (κ2) is 9.08. The number of rotatable bonds is 5. The quantitative estimate of drug-likeness (QED) is 0.478. The van der Waals surface area contributed by atoms with E-state index in [2.05, 4.69) is 53.4 Å². The van der Waals surface area contributed by atoms with Crippen molar-refractivity contribution in [1.82, 2.24) is 14.8 Å². The number of nitrogens with zero attached hydrogens (tertiary/aromatic N) is 2. The van der Waals surface area contributed by atoms with Gasteiger partial charge in [0.2, 0.25) is 0 Å². The predicted molar refractivity (Wildman–Crippen MR) is 135 cm³/mol. The number of anilines is 1. The molecule has 0 aromatic carbocycles. The van der Waals surface area contributed by atoms with Crippen molar-refractivity contribution in [3.63, 3.8) is 0 Å². The van der Waals surface area contributed by atoms with Gasteiger partial charge < -0.3 is 14.8 Å². The maximum absolute atomic E-state index is 12.9. The summed E-state index contributed by atoms with van der Waals surface area (Å²) >= 11 is 3.37. The highest BCUT2D eigenvalue weighted by Gasteiger charge is 2.29. The molecule has 2 aliphatic rings. The van der Waals surface area contributed by atoms with E-state index in [0.717, 1.165) is 44.2 Å². The van der Waals surface area contributed by atoms with E-state index in [1.165, 1.54) is 25.9 Å². The number of likely N-dealkylation sites (N-methyl/N-ethyl adjacent to an activating group) is 1. The second-order valence-corrected chi connectivity index (χ2v) is 11.6. The number of thiophene rings is 2. The van der Waals surface area contributed by atoms with E-state index in [4.69, 9.17) is 0 Å². The van der Waals surface area contributed by atoms with Crippen molar-refractivity contribution in [2.45, 2.75) is 52.1 Å². The van der Waals surface area contributed by atoms with Gasteiger partial charge in [-0.15, -0.1) is 22.7 Å². The Bertz CT molecular complexity index is 1180. The van der Waals surface area contributed by atoms with Gasteiger partial charge in [-0.3, -0.25) is 10.1 Å². The molecule has 0 spiro atoms. The summed E-state index contributed by atoms with van der Waals surface area (Å²) in [5, 5.41) is 7.90. The molecule has 0 saturated carbocycles. The summed E-state index contributed by atoms with van der Waals surface area (Å²) in [4.78, 5) is 29.8. The lowest BCUT2D eigenvalue weighted by molar-refractivity contribution is 0.112. The topological polar surface area (TPSA) is 66.4 Å². The summed E-state index contributed by atoms with van der Waals surface area (Å²) in [7, 11) is 2.15. The molecule has 0 radical (unpaired) electrons. The number of fused-ring (bicyclic) bond motifs is 2. The van der Waals surface area contributed by atoms with Gasteiger partial charge in [-0.1, -0.05) is 13.8 Å². The van der Waals surface area contributed by atoms with Gasteiger partial charge in [-0.25, -0.2) is 4.79 Å². The fourth-order valence-electron chi connectivity index (χ4n) is 5.22. The number of hydrogen-bond acceptors (Lipinski definition) is 5. The Kier molecular flexibility index (Phi) is 6.16. The summed E-state index contributed by atoms with van der Waals surface area (Å²) in [6.07, 6.45) is 8.04. The SMILES string of the molecule is CC1Cc2c(sc(NC(=O)NCc3c(-n4cccc4)sc4c3CCN(C)C4)c2C=O)C(C)C1. The van der Waals surface area contributed by atoms with Gasteiger partial charge in [0.15, 0.2) is 6.29 Å². The average Bonchev–Trinajstić information content (AvgIpc) is 3.49. The van der Waals surface area contributed by atoms with Crippen LogP contribution in [0.3, 0.4) is 0 Å². The summed E-state index contributed by atoms with van der Waals surface area (Å²) in [5.74, 6) is 0.976. The molecule has 8 heteroatoms. The molecule has 0 fully saturated rings. The van der Waals surface area contributed by atoms with Gasteiger partial charge in [0.25, 0.3) is 0 Å². The van der Waals surface area contributed by atoms with Crippen LogP contribution in [0.4, 0.5) is 9.80 Å². The highest BCUT2D eigenvalue weighted by molar-refractivity contribution is 7.17. The third kappa shape index (κ3) is 4.27. The largest absolute Gasteiger partial charge is 0.334 e. The van der Waals surface area contributed by atoms with Crippen LogP contribution in [0.2, 0.25) is 0 Å². The number of carbonyl (C=O) groups excluding carboxylic acids is 2. The maximum Gasteiger partial charge on any atom is 0.320 e. The Morgan fingerprint density at radius 3 is 2.76 bits per heavy atom. The average molecular weight is 483 g/mol. The maximum atomic E-state index is 12.9. The molecule has 2 unspecified atom stereocenters. The highest BCUT2D eigenvalue weighted by Crippen LogP contribution is 2.44. The van der Waals surface area contributed by atoms with Gasteiger partial charge in [0.05, 0.1) is 5.56 Å². The summed E-state index contributed by atoms with van der Waals surface area (Å²) in [6, 6.07) is 3.79. The minimum Gasteiger partial charge on any atom is -0.334 e. The van der Waals surface area contributed by atoms with Crippen molar-refractivity contribution in [1.29, 1.82) is 0 Å². The number of nitrogens with one attached hydrogen (secondary N) is 2. The van der Waals surface area contributed by atoms with Crippen molar-refractivity contribution in [3.05, 3.63) is 56.5 Å². The Labute approximate surface area is 202 Å². The molecule has 2 amide bonds. The smallest absolute Gasteiger partial charge is 0.320 e. The van der Waals surface area contributed by atoms with E-state index in [9.17, 15) is 9.59 Å². The van der Waals surface area contributed by atoms with Crippen molar-refractivity contribution < 1.29 is 9.59 Å². The molecule has 3 aromatic rings. The molecule has 174 valence electrons.